The topological polar surface area (TPSA) is 61.8 Å². The van der Waals surface area contributed by atoms with Crippen molar-refractivity contribution in [3.05, 3.63) is 0 Å². The van der Waals surface area contributed by atoms with Gasteiger partial charge in [-0.1, -0.05) is 13.8 Å². The van der Waals surface area contributed by atoms with Crippen LogP contribution in [-0.2, 0) is 23.8 Å². The van der Waals surface area contributed by atoms with Gasteiger partial charge in [0.25, 0.3) is 0 Å². The van der Waals surface area contributed by atoms with Gasteiger partial charge in [-0.15, -0.1) is 0 Å². The van der Waals surface area contributed by atoms with Crippen molar-refractivity contribution in [3.8, 4) is 0 Å². The predicted molar refractivity (Wildman–Crippen MR) is 60.3 cm³/mol. The van der Waals surface area contributed by atoms with E-state index in [1.165, 1.54) is 13.8 Å². The fourth-order valence-electron chi connectivity index (χ4n) is 2.19. The molecule has 0 amide bonds. The highest BCUT2D eigenvalue weighted by atomic mass is 16.6. The Hall–Kier alpha value is -1.10. The third-order valence-electron chi connectivity index (χ3n) is 2.97. The van der Waals surface area contributed by atoms with Crippen molar-refractivity contribution in [1.29, 1.82) is 0 Å². The van der Waals surface area contributed by atoms with Crippen molar-refractivity contribution < 1.29 is 23.8 Å². The number of ether oxygens (including phenoxy) is 3. The lowest BCUT2D eigenvalue weighted by molar-refractivity contribution is -0.200. The van der Waals surface area contributed by atoms with Gasteiger partial charge in [-0.05, 0) is 6.42 Å². The summed E-state index contributed by atoms with van der Waals surface area (Å²) in [6, 6.07) is 0. The van der Waals surface area contributed by atoms with E-state index >= 15 is 0 Å². The molecule has 0 aliphatic carbocycles. The quantitative estimate of drug-likeness (QED) is 0.700. The monoisotopic (exact) mass is 244 g/mol. The van der Waals surface area contributed by atoms with Gasteiger partial charge in [-0.3, -0.25) is 9.59 Å². The van der Waals surface area contributed by atoms with Crippen LogP contribution in [0.25, 0.3) is 0 Å². The number of esters is 2. The highest BCUT2D eigenvalue weighted by Gasteiger charge is 2.41. The fourth-order valence-corrected chi connectivity index (χ4v) is 2.19. The van der Waals surface area contributed by atoms with Crippen molar-refractivity contribution >= 4 is 11.9 Å². The molecule has 5 nitrogen and oxygen atoms in total. The van der Waals surface area contributed by atoms with Crippen LogP contribution in [0.2, 0.25) is 0 Å². The SMILES string of the molecule is CC[C@H]1OC[C@H](OC(C)=O)[C@@H](OC(C)=O)[C@@H]1C. The van der Waals surface area contributed by atoms with Crippen LogP contribution in [0.5, 0.6) is 0 Å². The summed E-state index contributed by atoms with van der Waals surface area (Å²) in [5.74, 6) is -0.740. The van der Waals surface area contributed by atoms with Gasteiger partial charge in [0.1, 0.15) is 6.10 Å². The number of rotatable bonds is 3. The molecular weight excluding hydrogens is 224 g/mol. The normalized spacial score (nSPS) is 32.9. The average Bonchev–Trinajstić information content (AvgIpc) is 2.22. The first kappa shape index (κ1) is 14.0. The molecule has 1 rings (SSSR count). The van der Waals surface area contributed by atoms with Gasteiger partial charge >= 0.3 is 11.9 Å². The zero-order valence-electron chi connectivity index (χ0n) is 10.8. The summed E-state index contributed by atoms with van der Waals surface area (Å²) in [5.41, 5.74) is 0. The van der Waals surface area contributed by atoms with E-state index in [0.717, 1.165) is 6.42 Å². The molecule has 0 aromatic carbocycles. The van der Waals surface area contributed by atoms with Gasteiger partial charge in [0.2, 0.25) is 0 Å². The van der Waals surface area contributed by atoms with Gasteiger partial charge in [0.15, 0.2) is 6.10 Å². The number of hydrogen-bond donors (Lipinski definition) is 0. The summed E-state index contributed by atoms with van der Waals surface area (Å²) in [4.78, 5) is 22.1. The molecule has 98 valence electrons. The van der Waals surface area contributed by atoms with E-state index < -0.39 is 18.2 Å². The third kappa shape index (κ3) is 3.70. The fraction of sp³-hybridized carbons (Fsp3) is 0.833. The maximum atomic E-state index is 11.1. The van der Waals surface area contributed by atoms with Crippen molar-refractivity contribution in [2.75, 3.05) is 6.61 Å². The molecule has 0 unspecified atom stereocenters. The summed E-state index contributed by atoms with van der Waals surface area (Å²) >= 11 is 0. The van der Waals surface area contributed by atoms with Gasteiger partial charge in [0.05, 0.1) is 12.7 Å². The van der Waals surface area contributed by atoms with Crippen LogP contribution in [0.1, 0.15) is 34.1 Å². The van der Waals surface area contributed by atoms with Crippen LogP contribution in [0.3, 0.4) is 0 Å². The van der Waals surface area contributed by atoms with Crippen molar-refractivity contribution in [2.45, 2.75) is 52.4 Å². The molecular formula is C12H20O5. The number of carbonyl (C=O) groups is 2. The minimum absolute atomic E-state index is 0.0157. The first-order valence-electron chi connectivity index (χ1n) is 5.91. The van der Waals surface area contributed by atoms with E-state index in [1.54, 1.807) is 0 Å². The number of carbonyl (C=O) groups excluding carboxylic acids is 2. The molecule has 0 bridgehead atoms. The van der Waals surface area contributed by atoms with E-state index in [0.29, 0.717) is 0 Å². The Kier molecular flexibility index (Phi) is 4.93. The molecule has 1 aliphatic heterocycles. The largest absolute Gasteiger partial charge is 0.458 e. The first-order chi connectivity index (χ1) is 7.95. The molecule has 0 N–H and O–H groups in total. The zero-order chi connectivity index (χ0) is 13.0. The lowest BCUT2D eigenvalue weighted by Gasteiger charge is -2.39. The van der Waals surface area contributed by atoms with E-state index in [1.807, 2.05) is 13.8 Å². The Morgan fingerprint density at radius 3 is 2.29 bits per heavy atom. The molecule has 5 heteroatoms. The predicted octanol–water partition coefficient (Wildman–Crippen LogP) is 1.29. The zero-order valence-corrected chi connectivity index (χ0v) is 10.8. The second kappa shape index (κ2) is 6.00. The molecule has 0 aromatic heterocycles. The summed E-state index contributed by atoms with van der Waals surface area (Å²) < 4.78 is 16.0. The summed E-state index contributed by atoms with van der Waals surface area (Å²) in [5, 5.41) is 0. The molecule has 4 atom stereocenters. The highest BCUT2D eigenvalue weighted by molar-refractivity contribution is 5.67. The van der Waals surface area contributed by atoms with Crippen LogP contribution in [0.15, 0.2) is 0 Å². The molecule has 0 spiro atoms. The molecule has 0 radical (unpaired) electrons. The molecule has 1 heterocycles. The van der Waals surface area contributed by atoms with Crippen molar-refractivity contribution in [2.24, 2.45) is 5.92 Å². The maximum Gasteiger partial charge on any atom is 0.303 e. The standard InChI is InChI=1S/C12H20O5/c1-5-10-7(2)12(17-9(4)14)11(6-15-10)16-8(3)13/h7,10-12H,5-6H2,1-4H3/t7-,10-,11+,12+/m1/s1. The van der Waals surface area contributed by atoms with E-state index in [4.69, 9.17) is 14.2 Å². The van der Waals surface area contributed by atoms with Gasteiger partial charge in [0, 0.05) is 19.8 Å². The van der Waals surface area contributed by atoms with Crippen LogP contribution in [-0.4, -0.2) is 36.9 Å². The second-order valence-electron chi connectivity index (χ2n) is 4.36. The van der Waals surface area contributed by atoms with Crippen molar-refractivity contribution in [3.63, 3.8) is 0 Å². The van der Waals surface area contributed by atoms with Gasteiger partial charge < -0.3 is 14.2 Å². The van der Waals surface area contributed by atoms with Crippen LogP contribution in [0.4, 0.5) is 0 Å². The summed E-state index contributed by atoms with van der Waals surface area (Å²) in [6.07, 6.45) is -0.0541. The van der Waals surface area contributed by atoms with Crippen molar-refractivity contribution in [1.82, 2.24) is 0 Å². The lowest BCUT2D eigenvalue weighted by Crippen LogP contribution is -2.51. The smallest absolute Gasteiger partial charge is 0.303 e. The molecule has 1 fully saturated rings. The average molecular weight is 244 g/mol. The Bertz CT molecular complexity index is 289. The molecule has 1 saturated heterocycles. The highest BCUT2D eigenvalue weighted by Crippen LogP contribution is 2.27. The molecule has 0 saturated carbocycles. The minimum atomic E-state index is -0.505. The maximum absolute atomic E-state index is 11.1. The van der Waals surface area contributed by atoms with Crippen LogP contribution < -0.4 is 0 Å². The van der Waals surface area contributed by atoms with Crippen LogP contribution >= 0.6 is 0 Å². The molecule has 0 aromatic rings. The minimum Gasteiger partial charge on any atom is -0.458 e. The van der Waals surface area contributed by atoms with E-state index in [-0.39, 0.29) is 24.6 Å². The molecule has 17 heavy (non-hydrogen) atoms. The summed E-state index contributed by atoms with van der Waals surface area (Å²) in [6.45, 7) is 6.92. The molecule has 1 aliphatic rings. The Morgan fingerprint density at radius 2 is 1.82 bits per heavy atom. The Labute approximate surface area is 101 Å². The number of hydrogen-bond acceptors (Lipinski definition) is 5. The lowest BCUT2D eigenvalue weighted by atomic mass is 9.90. The van der Waals surface area contributed by atoms with E-state index in [2.05, 4.69) is 0 Å². The second-order valence-corrected chi connectivity index (χ2v) is 4.36. The van der Waals surface area contributed by atoms with Gasteiger partial charge in [-0.2, -0.15) is 0 Å². The third-order valence-corrected chi connectivity index (χ3v) is 2.97. The first-order valence-corrected chi connectivity index (χ1v) is 5.91. The summed E-state index contributed by atoms with van der Waals surface area (Å²) in [7, 11) is 0. The van der Waals surface area contributed by atoms with E-state index in [9.17, 15) is 9.59 Å². The van der Waals surface area contributed by atoms with Gasteiger partial charge in [-0.25, -0.2) is 0 Å². The Morgan fingerprint density at radius 1 is 1.24 bits per heavy atom. The Balaban J connectivity index is 2.75. The van der Waals surface area contributed by atoms with Crippen LogP contribution in [0, 0.1) is 5.92 Å².